The van der Waals surface area contributed by atoms with Gasteiger partial charge in [-0.3, -0.25) is 4.79 Å². The Morgan fingerprint density at radius 1 is 1.50 bits per heavy atom. The SMILES string of the molecule is O=C(CBr)Nc1cccc(-c2nnco2)c1. The Morgan fingerprint density at radius 3 is 3.06 bits per heavy atom. The maximum absolute atomic E-state index is 11.2. The van der Waals surface area contributed by atoms with Gasteiger partial charge in [0, 0.05) is 11.3 Å². The fourth-order valence-electron chi connectivity index (χ4n) is 1.22. The zero-order valence-corrected chi connectivity index (χ0v) is 9.77. The van der Waals surface area contributed by atoms with Crippen LogP contribution in [-0.2, 0) is 4.79 Å². The fraction of sp³-hybridized carbons (Fsp3) is 0.100. The smallest absolute Gasteiger partial charge is 0.247 e. The van der Waals surface area contributed by atoms with Crippen LogP contribution in [0.1, 0.15) is 0 Å². The van der Waals surface area contributed by atoms with Gasteiger partial charge < -0.3 is 9.73 Å². The minimum atomic E-state index is -0.109. The lowest BCUT2D eigenvalue weighted by Crippen LogP contribution is -2.12. The zero-order valence-electron chi connectivity index (χ0n) is 8.18. The van der Waals surface area contributed by atoms with Crippen LogP contribution in [0, 0.1) is 0 Å². The molecule has 5 nitrogen and oxygen atoms in total. The van der Waals surface area contributed by atoms with Crippen molar-refractivity contribution in [1.82, 2.24) is 10.2 Å². The summed E-state index contributed by atoms with van der Waals surface area (Å²) in [6.45, 7) is 0. The second-order valence-electron chi connectivity index (χ2n) is 3.01. The zero-order chi connectivity index (χ0) is 11.4. The Labute approximate surface area is 100.0 Å². The van der Waals surface area contributed by atoms with Gasteiger partial charge in [-0.15, -0.1) is 10.2 Å². The van der Waals surface area contributed by atoms with E-state index in [1.807, 2.05) is 12.1 Å². The lowest BCUT2D eigenvalue weighted by molar-refractivity contribution is -0.113. The molecule has 1 amide bonds. The van der Waals surface area contributed by atoms with Crippen molar-refractivity contribution in [3.63, 3.8) is 0 Å². The Morgan fingerprint density at radius 2 is 2.38 bits per heavy atom. The van der Waals surface area contributed by atoms with E-state index >= 15 is 0 Å². The summed E-state index contributed by atoms with van der Waals surface area (Å²) in [4.78, 5) is 11.2. The van der Waals surface area contributed by atoms with Gasteiger partial charge in [0.25, 0.3) is 0 Å². The van der Waals surface area contributed by atoms with Gasteiger partial charge in [-0.1, -0.05) is 22.0 Å². The van der Waals surface area contributed by atoms with Gasteiger partial charge in [0.2, 0.25) is 18.2 Å². The fourth-order valence-corrected chi connectivity index (χ4v) is 1.36. The molecule has 0 aliphatic carbocycles. The molecule has 0 aliphatic heterocycles. The average molecular weight is 282 g/mol. The Bertz CT molecular complexity index is 485. The molecule has 1 aromatic carbocycles. The van der Waals surface area contributed by atoms with Crippen molar-refractivity contribution >= 4 is 27.5 Å². The number of anilines is 1. The lowest BCUT2D eigenvalue weighted by atomic mass is 10.2. The van der Waals surface area contributed by atoms with Gasteiger partial charge >= 0.3 is 0 Å². The van der Waals surface area contributed by atoms with Gasteiger partial charge in [-0.25, -0.2) is 0 Å². The van der Waals surface area contributed by atoms with Crippen molar-refractivity contribution in [1.29, 1.82) is 0 Å². The van der Waals surface area contributed by atoms with Crippen LogP contribution in [0.2, 0.25) is 0 Å². The third-order valence-corrected chi connectivity index (χ3v) is 2.38. The molecule has 82 valence electrons. The van der Waals surface area contributed by atoms with Crippen LogP contribution >= 0.6 is 15.9 Å². The molecular weight excluding hydrogens is 274 g/mol. The molecule has 0 spiro atoms. The molecule has 2 aromatic rings. The number of rotatable bonds is 3. The van der Waals surface area contributed by atoms with Crippen LogP contribution in [-0.4, -0.2) is 21.4 Å². The third-order valence-electron chi connectivity index (χ3n) is 1.87. The molecule has 6 heteroatoms. The predicted octanol–water partition coefficient (Wildman–Crippen LogP) is 2.07. The summed E-state index contributed by atoms with van der Waals surface area (Å²) in [6.07, 6.45) is 1.26. The van der Waals surface area contributed by atoms with Gasteiger partial charge in [-0.2, -0.15) is 0 Å². The summed E-state index contributed by atoms with van der Waals surface area (Å²) in [7, 11) is 0. The monoisotopic (exact) mass is 281 g/mol. The number of alkyl halides is 1. The largest absolute Gasteiger partial charge is 0.423 e. The van der Waals surface area contributed by atoms with E-state index in [0.29, 0.717) is 11.6 Å². The van der Waals surface area contributed by atoms with Gasteiger partial charge in [-0.05, 0) is 18.2 Å². The molecule has 0 saturated carbocycles. The number of carbonyl (C=O) groups excluding carboxylic acids is 1. The number of nitrogens with zero attached hydrogens (tertiary/aromatic N) is 2. The molecule has 0 radical (unpaired) electrons. The molecule has 2 rings (SSSR count). The maximum atomic E-state index is 11.2. The quantitative estimate of drug-likeness (QED) is 0.875. The maximum Gasteiger partial charge on any atom is 0.247 e. The molecule has 0 fully saturated rings. The minimum Gasteiger partial charge on any atom is -0.423 e. The van der Waals surface area contributed by atoms with E-state index in [4.69, 9.17) is 4.42 Å². The molecular formula is C10H8BrN3O2. The number of halogens is 1. The van der Waals surface area contributed by atoms with Crippen molar-refractivity contribution in [2.75, 3.05) is 10.6 Å². The first-order chi connectivity index (χ1) is 7.79. The van der Waals surface area contributed by atoms with Crippen molar-refractivity contribution < 1.29 is 9.21 Å². The van der Waals surface area contributed by atoms with Crippen molar-refractivity contribution in [2.45, 2.75) is 0 Å². The highest BCUT2D eigenvalue weighted by molar-refractivity contribution is 9.09. The van der Waals surface area contributed by atoms with E-state index in [1.54, 1.807) is 12.1 Å². The van der Waals surface area contributed by atoms with Crippen LogP contribution in [0.3, 0.4) is 0 Å². The first-order valence-corrected chi connectivity index (χ1v) is 5.64. The second kappa shape index (κ2) is 4.89. The number of nitrogens with one attached hydrogen (secondary N) is 1. The summed E-state index contributed by atoms with van der Waals surface area (Å²) in [5.41, 5.74) is 1.46. The third kappa shape index (κ3) is 2.46. The first kappa shape index (κ1) is 10.8. The number of hydrogen-bond acceptors (Lipinski definition) is 4. The summed E-state index contributed by atoms with van der Waals surface area (Å²) >= 11 is 3.08. The number of amides is 1. The highest BCUT2D eigenvalue weighted by Gasteiger charge is 2.05. The molecule has 16 heavy (non-hydrogen) atoms. The molecule has 0 atom stereocenters. The van der Waals surface area contributed by atoms with Crippen molar-refractivity contribution in [3.8, 4) is 11.5 Å². The van der Waals surface area contributed by atoms with Gasteiger partial charge in [0.1, 0.15) is 0 Å². The summed E-state index contributed by atoms with van der Waals surface area (Å²) in [6, 6.07) is 7.20. The van der Waals surface area contributed by atoms with Crippen molar-refractivity contribution in [3.05, 3.63) is 30.7 Å². The van der Waals surface area contributed by atoms with E-state index in [9.17, 15) is 4.79 Å². The van der Waals surface area contributed by atoms with Gasteiger partial charge in [0.05, 0.1) is 5.33 Å². The van der Waals surface area contributed by atoms with E-state index in [2.05, 4.69) is 31.4 Å². The summed E-state index contributed by atoms with van der Waals surface area (Å²) in [5, 5.41) is 10.4. The van der Waals surface area contributed by atoms with Gasteiger partial charge in [0.15, 0.2) is 0 Å². The normalized spacial score (nSPS) is 10.1. The Kier molecular flexibility index (Phi) is 3.31. The van der Waals surface area contributed by atoms with Crippen LogP contribution in [0.15, 0.2) is 35.1 Å². The minimum absolute atomic E-state index is 0.109. The number of benzene rings is 1. The lowest BCUT2D eigenvalue weighted by Gasteiger charge is -2.03. The Balaban J connectivity index is 2.23. The summed E-state index contributed by atoms with van der Waals surface area (Å²) in [5.74, 6) is 0.317. The van der Waals surface area contributed by atoms with Crippen LogP contribution in [0.4, 0.5) is 5.69 Å². The topological polar surface area (TPSA) is 68.0 Å². The summed E-state index contributed by atoms with van der Waals surface area (Å²) < 4.78 is 5.06. The molecule has 1 heterocycles. The van der Waals surface area contributed by atoms with E-state index < -0.39 is 0 Å². The van der Waals surface area contributed by atoms with E-state index in [-0.39, 0.29) is 11.2 Å². The number of carbonyl (C=O) groups is 1. The van der Waals surface area contributed by atoms with Crippen LogP contribution in [0.5, 0.6) is 0 Å². The van der Waals surface area contributed by atoms with Crippen molar-refractivity contribution in [2.24, 2.45) is 0 Å². The first-order valence-electron chi connectivity index (χ1n) is 4.52. The highest BCUT2D eigenvalue weighted by atomic mass is 79.9. The molecule has 1 N–H and O–H groups in total. The van der Waals surface area contributed by atoms with Crippen LogP contribution < -0.4 is 5.32 Å². The molecule has 1 aromatic heterocycles. The standard InChI is InChI=1S/C10H8BrN3O2/c11-5-9(15)13-8-3-1-2-7(4-8)10-14-12-6-16-10/h1-4,6H,5H2,(H,13,15). The number of aromatic nitrogens is 2. The second-order valence-corrected chi connectivity index (χ2v) is 3.57. The predicted molar refractivity (Wildman–Crippen MR) is 62.2 cm³/mol. The molecule has 0 aliphatic rings. The molecule has 0 bridgehead atoms. The number of hydrogen-bond donors (Lipinski definition) is 1. The highest BCUT2D eigenvalue weighted by Crippen LogP contribution is 2.20. The average Bonchev–Trinajstić information content (AvgIpc) is 2.83. The molecule has 0 saturated heterocycles. The van der Waals surface area contributed by atoms with E-state index in [0.717, 1.165) is 5.56 Å². The molecule has 0 unspecified atom stereocenters. The van der Waals surface area contributed by atoms with E-state index in [1.165, 1.54) is 6.39 Å². The van der Waals surface area contributed by atoms with Crippen LogP contribution in [0.25, 0.3) is 11.5 Å². The Hall–Kier alpha value is -1.69.